The molecule has 1 unspecified atom stereocenters. The molecule has 1 amide bonds. The molecule has 2 heterocycles. The van der Waals surface area contributed by atoms with Crippen LogP contribution in [0.1, 0.15) is 27.2 Å². The first-order valence-electron chi connectivity index (χ1n) is 5.45. The van der Waals surface area contributed by atoms with Crippen LogP contribution in [0.5, 0.6) is 0 Å². The molecule has 0 aromatic heterocycles. The Kier molecular flexibility index (Phi) is 2.77. The number of hydrogen-bond donors (Lipinski definition) is 0. The lowest BCUT2D eigenvalue weighted by molar-refractivity contribution is -0.111. The predicted octanol–water partition coefficient (Wildman–Crippen LogP) is 1.49. The lowest BCUT2D eigenvalue weighted by atomic mass is 9.92. The highest BCUT2D eigenvalue weighted by atomic mass is 16.1. The fraction of sp³-hybridized carbons (Fsp3) is 0.545. The average molecular weight is 218 g/mol. The van der Waals surface area contributed by atoms with E-state index in [0.717, 1.165) is 6.42 Å². The molecule has 0 aliphatic carbocycles. The number of rotatable bonds is 3. The summed E-state index contributed by atoms with van der Waals surface area (Å²) in [5.74, 6) is 1.27. The summed E-state index contributed by atoms with van der Waals surface area (Å²) in [4.78, 5) is 27.7. The Hall–Kier alpha value is -1.65. The van der Waals surface area contributed by atoms with E-state index in [9.17, 15) is 4.79 Å². The van der Waals surface area contributed by atoms with E-state index in [1.807, 2.05) is 6.92 Å². The van der Waals surface area contributed by atoms with E-state index < -0.39 is 0 Å². The summed E-state index contributed by atoms with van der Waals surface area (Å²) in [6.45, 7) is 6.27. The summed E-state index contributed by atoms with van der Waals surface area (Å²) >= 11 is 0. The Morgan fingerprint density at radius 3 is 2.75 bits per heavy atom. The predicted molar refractivity (Wildman–Crippen MR) is 64.4 cm³/mol. The van der Waals surface area contributed by atoms with Crippen LogP contribution in [0.2, 0.25) is 0 Å². The second-order valence-electron chi connectivity index (χ2n) is 4.11. The molecule has 84 valence electrons. The highest BCUT2D eigenvalue weighted by molar-refractivity contribution is 6.71. The molecule has 5 nitrogen and oxygen atoms in total. The summed E-state index contributed by atoms with van der Waals surface area (Å²) in [6, 6.07) is 0. The molecular formula is C11H14N4O. The van der Waals surface area contributed by atoms with Gasteiger partial charge in [0, 0.05) is 5.92 Å². The van der Waals surface area contributed by atoms with Crippen LogP contribution >= 0.6 is 0 Å². The Morgan fingerprint density at radius 1 is 1.31 bits per heavy atom. The highest BCUT2D eigenvalue weighted by Crippen LogP contribution is 2.19. The van der Waals surface area contributed by atoms with Gasteiger partial charge in [0.2, 0.25) is 0 Å². The van der Waals surface area contributed by atoms with Crippen molar-refractivity contribution in [3.05, 3.63) is 0 Å². The van der Waals surface area contributed by atoms with Crippen molar-refractivity contribution >= 4 is 29.6 Å². The van der Waals surface area contributed by atoms with E-state index in [4.69, 9.17) is 0 Å². The van der Waals surface area contributed by atoms with Crippen LogP contribution in [0.4, 0.5) is 0 Å². The number of amidine groups is 2. The molecule has 2 rings (SSSR count). The molecule has 16 heavy (non-hydrogen) atoms. The van der Waals surface area contributed by atoms with Crippen LogP contribution in [-0.4, -0.2) is 29.6 Å². The maximum absolute atomic E-state index is 11.6. The van der Waals surface area contributed by atoms with Gasteiger partial charge in [-0.1, -0.05) is 27.2 Å². The summed E-state index contributed by atoms with van der Waals surface area (Å²) in [6.07, 6.45) is 2.38. The zero-order valence-corrected chi connectivity index (χ0v) is 9.64. The van der Waals surface area contributed by atoms with Gasteiger partial charge in [-0.05, 0) is 5.92 Å². The zero-order valence-electron chi connectivity index (χ0n) is 9.64. The first-order chi connectivity index (χ1) is 7.63. The van der Waals surface area contributed by atoms with Gasteiger partial charge < -0.3 is 0 Å². The number of fused-ring (bicyclic) bond motifs is 1. The number of amides is 1. The van der Waals surface area contributed by atoms with Crippen LogP contribution in [0.15, 0.2) is 20.0 Å². The highest BCUT2D eigenvalue weighted by Gasteiger charge is 2.29. The third-order valence-electron chi connectivity index (χ3n) is 3.12. The molecule has 0 radical (unpaired) electrons. The van der Waals surface area contributed by atoms with Crippen molar-refractivity contribution < 1.29 is 4.79 Å². The average Bonchev–Trinajstić information content (AvgIpc) is 2.75. The molecular weight excluding hydrogens is 204 g/mol. The Morgan fingerprint density at radius 2 is 2.06 bits per heavy atom. The van der Waals surface area contributed by atoms with Crippen LogP contribution < -0.4 is 0 Å². The molecule has 0 aromatic rings. The molecule has 0 saturated heterocycles. The van der Waals surface area contributed by atoms with E-state index >= 15 is 0 Å². The largest absolute Gasteiger partial charge is 0.301 e. The van der Waals surface area contributed by atoms with Crippen LogP contribution in [0.25, 0.3) is 0 Å². The van der Waals surface area contributed by atoms with Crippen molar-refractivity contribution in [1.82, 2.24) is 0 Å². The van der Waals surface area contributed by atoms with Crippen LogP contribution in [-0.2, 0) is 4.79 Å². The van der Waals surface area contributed by atoms with E-state index in [0.29, 0.717) is 17.6 Å². The van der Waals surface area contributed by atoms with Crippen molar-refractivity contribution in [2.75, 3.05) is 0 Å². The molecule has 2 atom stereocenters. The van der Waals surface area contributed by atoms with Gasteiger partial charge in [-0.25, -0.2) is 15.0 Å². The minimum atomic E-state index is -0.326. The lowest BCUT2D eigenvalue weighted by Gasteiger charge is -2.19. The van der Waals surface area contributed by atoms with Gasteiger partial charge in [-0.3, -0.25) is 4.79 Å². The molecule has 0 N–H and O–H groups in total. The van der Waals surface area contributed by atoms with Gasteiger partial charge in [-0.2, -0.15) is 4.99 Å². The number of nitrogens with zero attached hydrogens (tertiary/aromatic N) is 4. The monoisotopic (exact) mass is 218 g/mol. The Bertz CT molecular complexity index is 445. The van der Waals surface area contributed by atoms with Gasteiger partial charge in [-0.15, -0.1) is 0 Å². The van der Waals surface area contributed by atoms with Crippen LogP contribution in [0.3, 0.4) is 0 Å². The van der Waals surface area contributed by atoms with Crippen molar-refractivity contribution in [2.45, 2.75) is 27.2 Å². The summed E-state index contributed by atoms with van der Waals surface area (Å²) in [7, 11) is 0. The smallest absolute Gasteiger partial charge is 0.265 e. The van der Waals surface area contributed by atoms with Crippen molar-refractivity contribution in [1.29, 1.82) is 0 Å². The molecule has 2 aliphatic heterocycles. The standard InChI is InChI=1S/C11H14N4O/c1-4-6(2)7(3)9-14-10-8(11(16)15-9)12-5-13-10/h5-7H,4H2,1-3H3/t6?,7-/m0/s1. The number of aliphatic imine (C=N–C) groups is 4. The first-order valence-corrected chi connectivity index (χ1v) is 5.45. The van der Waals surface area contributed by atoms with Gasteiger partial charge in [0.25, 0.3) is 0 Å². The van der Waals surface area contributed by atoms with E-state index in [-0.39, 0.29) is 17.5 Å². The zero-order chi connectivity index (χ0) is 11.7. The molecule has 0 spiro atoms. The fourth-order valence-corrected chi connectivity index (χ4v) is 1.60. The quantitative estimate of drug-likeness (QED) is 0.707. The maximum atomic E-state index is 11.6. The third kappa shape index (κ3) is 1.73. The van der Waals surface area contributed by atoms with Gasteiger partial charge in [0.05, 0.1) is 0 Å². The van der Waals surface area contributed by atoms with Crippen molar-refractivity contribution in [3.63, 3.8) is 0 Å². The second-order valence-corrected chi connectivity index (χ2v) is 4.11. The normalized spacial score (nSPS) is 22.2. The summed E-state index contributed by atoms with van der Waals surface area (Å²) in [5, 5.41) is 0. The van der Waals surface area contributed by atoms with Gasteiger partial charge in [0.15, 0.2) is 11.5 Å². The molecule has 5 heteroatoms. The number of carbonyl (C=O) groups is 1. The van der Waals surface area contributed by atoms with E-state index in [1.54, 1.807) is 0 Å². The van der Waals surface area contributed by atoms with E-state index in [2.05, 4.69) is 33.8 Å². The molecule has 2 aliphatic rings. The Labute approximate surface area is 94.1 Å². The van der Waals surface area contributed by atoms with Gasteiger partial charge in [0.1, 0.15) is 12.2 Å². The third-order valence-corrected chi connectivity index (χ3v) is 3.12. The lowest BCUT2D eigenvalue weighted by Crippen LogP contribution is -2.29. The van der Waals surface area contributed by atoms with Crippen LogP contribution in [0, 0.1) is 11.8 Å². The van der Waals surface area contributed by atoms with Crippen molar-refractivity contribution in [2.24, 2.45) is 31.8 Å². The molecule has 0 aromatic carbocycles. The Balaban J connectivity index is 2.28. The number of carbonyl (C=O) groups excluding carboxylic acids is 1. The van der Waals surface area contributed by atoms with E-state index in [1.165, 1.54) is 6.34 Å². The maximum Gasteiger partial charge on any atom is 0.301 e. The topological polar surface area (TPSA) is 66.5 Å². The summed E-state index contributed by atoms with van der Waals surface area (Å²) < 4.78 is 0. The molecule has 0 fully saturated rings. The minimum absolute atomic E-state index is 0.166. The second kappa shape index (κ2) is 4.08. The SMILES string of the molecule is CCC(C)[C@H](C)C1=NC(=O)C2=NC=NC2=N1. The minimum Gasteiger partial charge on any atom is -0.265 e. The molecule has 0 saturated carbocycles. The summed E-state index contributed by atoms with van der Waals surface area (Å²) in [5.41, 5.74) is 0.264. The van der Waals surface area contributed by atoms with Gasteiger partial charge >= 0.3 is 5.91 Å². The fourth-order valence-electron chi connectivity index (χ4n) is 1.60. The first kappa shape index (κ1) is 10.9. The van der Waals surface area contributed by atoms with Crippen molar-refractivity contribution in [3.8, 4) is 0 Å². The molecule has 0 bridgehead atoms. The number of hydrogen-bond acceptors (Lipinski definition) is 4.